The van der Waals surface area contributed by atoms with Crippen LogP contribution in [0, 0.1) is 0 Å². The van der Waals surface area contributed by atoms with Gasteiger partial charge in [-0.25, -0.2) is 0 Å². The molecule has 0 atom stereocenters. The van der Waals surface area contributed by atoms with Gasteiger partial charge in [0.15, 0.2) is 0 Å². The highest BCUT2D eigenvalue weighted by Crippen LogP contribution is 2.52. The second-order valence-electron chi connectivity index (χ2n) is 11.5. The van der Waals surface area contributed by atoms with Gasteiger partial charge in [0.1, 0.15) is 0 Å². The second kappa shape index (κ2) is 8.97. The minimum atomic E-state index is -0.0897. The van der Waals surface area contributed by atoms with Crippen molar-refractivity contribution >= 4 is 33.2 Å². The maximum Gasteiger partial charge on any atom is 0.0547 e. The average Bonchev–Trinajstić information content (AvgIpc) is 3.48. The van der Waals surface area contributed by atoms with Gasteiger partial charge in [-0.1, -0.05) is 117 Å². The molecular weight excluding hydrogens is 496 g/mol. The van der Waals surface area contributed by atoms with Crippen molar-refractivity contribution < 1.29 is 0 Å². The summed E-state index contributed by atoms with van der Waals surface area (Å²) < 4.78 is 2.38. The van der Waals surface area contributed by atoms with E-state index in [2.05, 4.69) is 163 Å². The fourth-order valence-electron chi connectivity index (χ4n) is 7.02. The van der Waals surface area contributed by atoms with Crippen molar-refractivity contribution in [3.8, 4) is 27.9 Å². The van der Waals surface area contributed by atoms with E-state index in [-0.39, 0.29) is 5.41 Å². The fraction of sp³-hybridized carbons (Fsp3) is 0.0769. The molecule has 1 heterocycles. The Bertz CT molecular complexity index is 2100. The quantitative estimate of drug-likeness (QED) is 0.241. The van der Waals surface area contributed by atoms with Crippen LogP contribution in [0.1, 0.15) is 25.0 Å². The van der Waals surface area contributed by atoms with Crippen molar-refractivity contribution in [1.82, 2.24) is 4.57 Å². The van der Waals surface area contributed by atoms with Crippen LogP contribution in [0.3, 0.4) is 0 Å². The van der Waals surface area contributed by atoms with Gasteiger partial charge >= 0.3 is 0 Å². The van der Waals surface area contributed by atoms with Gasteiger partial charge in [0.25, 0.3) is 0 Å². The van der Waals surface area contributed by atoms with Gasteiger partial charge in [-0.15, -0.1) is 0 Å². The number of hydrogen-bond acceptors (Lipinski definition) is 1. The monoisotopic (exact) mass is 526 g/mol. The van der Waals surface area contributed by atoms with Gasteiger partial charge in [0, 0.05) is 38.8 Å². The van der Waals surface area contributed by atoms with E-state index in [1.165, 1.54) is 60.9 Å². The van der Waals surface area contributed by atoms with Crippen LogP contribution >= 0.6 is 0 Å². The summed E-state index contributed by atoms with van der Waals surface area (Å²) in [7, 11) is 0. The Morgan fingerprint density at radius 3 is 1.98 bits per heavy atom. The Hall–Kier alpha value is -5.08. The van der Waals surface area contributed by atoms with E-state index < -0.39 is 0 Å². The lowest BCUT2D eigenvalue weighted by atomic mass is 9.81. The van der Waals surface area contributed by atoms with E-state index in [9.17, 15) is 0 Å². The minimum absolute atomic E-state index is 0.0897. The molecular formula is C39H30N2. The third kappa shape index (κ3) is 3.50. The highest BCUT2D eigenvalue weighted by molar-refractivity contribution is 6.16. The molecule has 0 fully saturated rings. The largest absolute Gasteiger partial charge is 0.355 e. The summed E-state index contributed by atoms with van der Waals surface area (Å²) in [5.74, 6) is 0. The molecule has 7 aromatic rings. The molecule has 0 saturated heterocycles. The lowest BCUT2D eigenvalue weighted by molar-refractivity contribution is 0.662. The Morgan fingerprint density at radius 2 is 1.10 bits per heavy atom. The molecule has 0 spiro atoms. The number of anilines is 2. The molecule has 8 rings (SSSR count). The number of fused-ring (bicyclic) bond motifs is 6. The van der Waals surface area contributed by atoms with Crippen LogP contribution in [-0.4, -0.2) is 4.57 Å². The lowest BCUT2D eigenvalue weighted by Crippen LogP contribution is -2.16. The lowest BCUT2D eigenvalue weighted by Gasteiger charge is -2.25. The zero-order valence-corrected chi connectivity index (χ0v) is 23.2. The summed E-state index contributed by atoms with van der Waals surface area (Å²) in [5.41, 5.74) is 13.6. The van der Waals surface area contributed by atoms with E-state index in [1.54, 1.807) is 0 Å². The SMILES string of the molecule is CC1(C)c2ccccc2-c2cccc(Nc3ccccc3-c3cccc4c3c3ccccc3n4-c3ccccc3)c21. The Morgan fingerprint density at radius 1 is 0.488 bits per heavy atom. The van der Waals surface area contributed by atoms with Gasteiger partial charge in [-0.2, -0.15) is 0 Å². The fourth-order valence-corrected chi connectivity index (χ4v) is 7.02. The van der Waals surface area contributed by atoms with Crippen molar-refractivity contribution in [3.05, 3.63) is 151 Å². The van der Waals surface area contributed by atoms with Crippen molar-refractivity contribution in [2.75, 3.05) is 5.32 Å². The molecule has 6 aromatic carbocycles. The highest BCUT2D eigenvalue weighted by atomic mass is 15.0. The Balaban J connectivity index is 1.33. The van der Waals surface area contributed by atoms with Crippen LogP contribution in [0.5, 0.6) is 0 Å². The molecule has 1 aliphatic rings. The smallest absolute Gasteiger partial charge is 0.0547 e. The van der Waals surface area contributed by atoms with E-state index in [0.29, 0.717) is 0 Å². The van der Waals surface area contributed by atoms with E-state index >= 15 is 0 Å². The molecule has 0 amide bonds. The number of rotatable bonds is 4. The number of para-hydroxylation sites is 3. The number of nitrogens with one attached hydrogen (secondary N) is 1. The number of aromatic nitrogens is 1. The maximum absolute atomic E-state index is 3.91. The number of nitrogens with zero attached hydrogens (tertiary/aromatic N) is 1. The molecule has 196 valence electrons. The molecule has 1 aliphatic carbocycles. The van der Waals surface area contributed by atoms with Crippen LogP contribution in [0.2, 0.25) is 0 Å². The van der Waals surface area contributed by atoms with Crippen molar-refractivity contribution in [2.45, 2.75) is 19.3 Å². The van der Waals surface area contributed by atoms with Crippen molar-refractivity contribution in [3.63, 3.8) is 0 Å². The van der Waals surface area contributed by atoms with Crippen LogP contribution in [0.25, 0.3) is 49.7 Å². The molecule has 2 nitrogen and oxygen atoms in total. The summed E-state index contributed by atoms with van der Waals surface area (Å²) in [6.07, 6.45) is 0. The van der Waals surface area contributed by atoms with Crippen LogP contribution < -0.4 is 5.32 Å². The predicted molar refractivity (Wildman–Crippen MR) is 174 cm³/mol. The second-order valence-corrected chi connectivity index (χ2v) is 11.5. The predicted octanol–water partition coefficient (Wildman–Crippen LogP) is 10.5. The van der Waals surface area contributed by atoms with Crippen molar-refractivity contribution in [2.24, 2.45) is 0 Å². The van der Waals surface area contributed by atoms with Crippen LogP contribution in [0.15, 0.2) is 140 Å². The van der Waals surface area contributed by atoms with Gasteiger partial charge < -0.3 is 9.88 Å². The van der Waals surface area contributed by atoms with E-state index in [0.717, 1.165) is 11.4 Å². The first-order valence-corrected chi connectivity index (χ1v) is 14.3. The van der Waals surface area contributed by atoms with E-state index in [4.69, 9.17) is 0 Å². The summed E-state index contributed by atoms with van der Waals surface area (Å²) in [4.78, 5) is 0. The minimum Gasteiger partial charge on any atom is -0.355 e. The van der Waals surface area contributed by atoms with Crippen LogP contribution in [0.4, 0.5) is 11.4 Å². The molecule has 0 radical (unpaired) electrons. The Labute approximate surface area is 240 Å². The number of benzene rings is 6. The first kappa shape index (κ1) is 23.8. The third-order valence-electron chi connectivity index (χ3n) is 8.78. The molecule has 0 bridgehead atoms. The Kier molecular flexibility index (Phi) is 5.20. The summed E-state index contributed by atoms with van der Waals surface area (Å²) in [5, 5.41) is 6.44. The first-order chi connectivity index (χ1) is 20.1. The standard InChI is InChI=1S/C39H30N2/c1-39(2)32-21-9-6-16-27(32)30-20-12-23-34(38(30)39)40-33-22-10-7-17-28(33)29-19-13-25-36-37(29)31-18-8-11-24-35(31)41(36)26-14-4-3-5-15-26/h3-25,40H,1-2H3. The van der Waals surface area contributed by atoms with Gasteiger partial charge in [0.05, 0.1) is 11.0 Å². The summed E-state index contributed by atoms with van der Waals surface area (Å²) in [6, 6.07) is 50.3. The van der Waals surface area contributed by atoms with E-state index in [1.807, 2.05) is 0 Å². The topological polar surface area (TPSA) is 17.0 Å². The van der Waals surface area contributed by atoms with Gasteiger partial charge in [0.2, 0.25) is 0 Å². The number of hydrogen-bond donors (Lipinski definition) is 1. The van der Waals surface area contributed by atoms with Crippen molar-refractivity contribution in [1.29, 1.82) is 0 Å². The molecule has 0 aliphatic heterocycles. The highest BCUT2D eigenvalue weighted by Gasteiger charge is 2.37. The molecule has 1 N–H and O–H groups in total. The molecule has 41 heavy (non-hydrogen) atoms. The maximum atomic E-state index is 3.91. The first-order valence-electron chi connectivity index (χ1n) is 14.3. The molecule has 1 aromatic heterocycles. The zero-order chi connectivity index (χ0) is 27.6. The van der Waals surface area contributed by atoms with Gasteiger partial charge in [-0.3, -0.25) is 0 Å². The summed E-state index contributed by atoms with van der Waals surface area (Å²) in [6.45, 7) is 4.68. The molecule has 2 heteroatoms. The average molecular weight is 527 g/mol. The summed E-state index contributed by atoms with van der Waals surface area (Å²) >= 11 is 0. The third-order valence-corrected chi connectivity index (χ3v) is 8.78. The van der Waals surface area contributed by atoms with Crippen LogP contribution in [-0.2, 0) is 5.41 Å². The molecule has 0 unspecified atom stereocenters. The normalized spacial score (nSPS) is 13.3. The zero-order valence-electron chi connectivity index (χ0n) is 23.2. The van der Waals surface area contributed by atoms with Gasteiger partial charge in [-0.05, 0) is 64.2 Å². The molecule has 0 saturated carbocycles.